The van der Waals surface area contributed by atoms with Crippen LogP contribution in [0.4, 0.5) is 4.39 Å². The van der Waals surface area contributed by atoms with Crippen LogP contribution in [0, 0.1) is 5.82 Å². The Hall–Kier alpha value is -1.42. The van der Waals surface area contributed by atoms with E-state index >= 15 is 0 Å². The van der Waals surface area contributed by atoms with Gasteiger partial charge in [0, 0.05) is 26.2 Å². The average molecular weight is 236 g/mol. The van der Waals surface area contributed by atoms with Crippen molar-refractivity contribution in [2.75, 3.05) is 32.7 Å². The van der Waals surface area contributed by atoms with Crippen LogP contribution in [0.5, 0.6) is 0 Å². The fraction of sp³-hybridized carbons (Fsp3) is 0.462. The topological polar surface area (TPSA) is 23.6 Å². The third-order valence-corrected chi connectivity index (χ3v) is 3.21. The molecular formula is C13H17FN2O. The maximum absolute atomic E-state index is 13.5. The molecule has 92 valence electrons. The van der Waals surface area contributed by atoms with Gasteiger partial charge in [0.05, 0.1) is 5.56 Å². The summed E-state index contributed by atoms with van der Waals surface area (Å²) in [5.74, 6) is -0.630. The summed E-state index contributed by atoms with van der Waals surface area (Å²) in [7, 11) is 0. The lowest BCUT2D eigenvalue weighted by atomic mass is 10.1. The summed E-state index contributed by atoms with van der Waals surface area (Å²) in [5, 5.41) is 0. The van der Waals surface area contributed by atoms with Crippen LogP contribution in [0.2, 0.25) is 0 Å². The van der Waals surface area contributed by atoms with Crippen molar-refractivity contribution in [2.45, 2.75) is 6.92 Å². The maximum Gasteiger partial charge on any atom is 0.256 e. The van der Waals surface area contributed by atoms with E-state index in [1.54, 1.807) is 23.1 Å². The smallest absolute Gasteiger partial charge is 0.256 e. The second-order valence-corrected chi connectivity index (χ2v) is 4.21. The number of piperazine rings is 1. The molecule has 0 unspecified atom stereocenters. The lowest BCUT2D eigenvalue weighted by molar-refractivity contribution is 0.0639. The molecule has 1 fully saturated rings. The van der Waals surface area contributed by atoms with Gasteiger partial charge in [0.25, 0.3) is 5.91 Å². The van der Waals surface area contributed by atoms with Crippen molar-refractivity contribution >= 4 is 5.91 Å². The molecular weight excluding hydrogens is 219 g/mol. The Morgan fingerprint density at radius 2 is 1.88 bits per heavy atom. The summed E-state index contributed by atoms with van der Waals surface area (Å²) >= 11 is 0. The third kappa shape index (κ3) is 2.64. The van der Waals surface area contributed by atoms with Crippen LogP contribution in [-0.2, 0) is 0 Å². The lowest BCUT2D eigenvalue weighted by Crippen LogP contribution is -2.48. The average Bonchev–Trinajstić information content (AvgIpc) is 2.39. The van der Waals surface area contributed by atoms with Gasteiger partial charge < -0.3 is 9.80 Å². The Kier molecular flexibility index (Phi) is 3.74. The minimum absolute atomic E-state index is 0.178. The van der Waals surface area contributed by atoms with Gasteiger partial charge >= 0.3 is 0 Å². The molecule has 4 heteroatoms. The zero-order chi connectivity index (χ0) is 12.3. The van der Waals surface area contributed by atoms with Gasteiger partial charge in [-0.2, -0.15) is 0 Å². The number of hydrogen-bond acceptors (Lipinski definition) is 2. The number of carbonyl (C=O) groups excluding carboxylic acids is 1. The first kappa shape index (κ1) is 12.0. The SMILES string of the molecule is CCN1CCN(C(=O)c2ccccc2F)CC1. The quantitative estimate of drug-likeness (QED) is 0.778. The first-order valence-corrected chi connectivity index (χ1v) is 5.98. The monoisotopic (exact) mass is 236 g/mol. The van der Waals surface area contributed by atoms with Crippen LogP contribution < -0.4 is 0 Å². The highest BCUT2D eigenvalue weighted by molar-refractivity contribution is 5.94. The second-order valence-electron chi connectivity index (χ2n) is 4.21. The molecule has 1 aliphatic rings. The lowest BCUT2D eigenvalue weighted by Gasteiger charge is -2.34. The van der Waals surface area contributed by atoms with E-state index in [4.69, 9.17) is 0 Å². The highest BCUT2D eigenvalue weighted by Crippen LogP contribution is 2.12. The normalized spacial score (nSPS) is 17.2. The van der Waals surface area contributed by atoms with Gasteiger partial charge in [-0.1, -0.05) is 19.1 Å². The van der Waals surface area contributed by atoms with Gasteiger partial charge in [0.1, 0.15) is 5.82 Å². The summed E-state index contributed by atoms with van der Waals surface area (Å²) in [6.45, 7) is 6.21. The van der Waals surface area contributed by atoms with Gasteiger partial charge in [-0.05, 0) is 18.7 Å². The van der Waals surface area contributed by atoms with Crippen molar-refractivity contribution in [3.8, 4) is 0 Å². The van der Waals surface area contributed by atoms with Crippen LogP contribution in [0.3, 0.4) is 0 Å². The summed E-state index contributed by atoms with van der Waals surface area (Å²) in [5.41, 5.74) is 0.178. The molecule has 1 aromatic carbocycles. The van der Waals surface area contributed by atoms with Gasteiger partial charge in [-0.15, -0.1) is 0 Å². The molecule has 0 aromatic heterocycles. The van der Waals surface area contributed by atoms with Crippen LogP contribution in [0.1, 0.15) is 17.3 Å². The first-order valence-electron chi connectivity index (χ1n) is 5.98. The van der Waals surface area contributed by atoms with E-state index in [9.17, 15) is 9.18 Å². The summed E-state index contributed by atoms with van der Waals surface area (Å²) in [6, 6.07) is 6.17. The number of hydrogen-bond donors (Lipinski definition) is 0. The van der Waals surface area contributed by atoms with Gasteiger partial charge in [0.15, 0.2) is 0 Å². The molecule has 17 heavy (non-hydrogen) atoms. The Morgan fingerprint density at radius 3 is 2.47 bits per heavy atom. The second kappa shape index (κ2) is 5.27. The Labute approximate surface area is 101 Å². The number of rotatable bonds is 2. The Morgan fingerprint density at radius 1 is 1.24 bits per heavy atom. The highest BCUT2D eigenvalue weighted by atomic mass is 19.1. The van der Waals surface area contributed by atoms with Gasteiger partial charge in [0.2, 0.25) is 0 Å². The fourth-order valence-corrected chi connectivity index (χ4v) is 2.07. The number of amides is 1. The molecule has 0 N–H and O–H groups in total. The van der Waals surface area contributed by atoms with Crippen LogP contribution in [-0.4, -0.2) is 48.4 Å². The molecule has 0 saturated carbocycles. The number of likely N-dealkylation sites (N-methyl/N-ethyl adjacent to an activating group) is 1. The predicted molar refractivity (Wildman–Crippen MR) is 64.4 cm³/mol. The molecule has 1 heterocycles. The summed E-state index contributed by atoms with van der Waals surface area (Å²) in [6.07, 6.45) is 0. The van der Waals surface area contributed by atoms with E-state index in [0.29, 0.717) is 13.1 Å². The molecule has 0 spiro atoms. The number of benzene rings is 1. The van der Waals surface area contributed by atoms with E-state index in [0.717, 1.165) is 19.6 Å². The van der Waals surface area contributed by atoms with Crippen molar-refractivity contribution in [3.05, 3.63) is 35.6 Å². The number of carbonyl (C=O) groups is 1. The largest absolute Gasteiger partial charge is 0.336 e. The molecule has 1 saturated heterocycles. The van der Waals surface area contributed by atoms with Gasteiger partial charge in [-0.25, -0.2) is 4.39 Å². The molecule has 2 rings (SSSR count). The molecule has 0 bridgehead atoms. The Balaban J connectivity index is 2.04. The highest BCUT2D eigenvalue weighted by Gasteiger charge is 2.22. The van der Waals surface area contributed by atoms with Crippen LogP contribution in [0.25, 0.3) is 0 Å². The van der Waals surface area contributed by atoms with E-state index in [1.807, 2.05) is 0 Å². The molecule has 0 aliphatic carbocycles. The first-order chi connectivity index (χ1) is 8.22. The maximum atomic E-state index is 13.5. The van der Waals surface area contributed by atoms with E-state index < -0.39 is 5.82 Å². The molecule has 1 aliphatic heterocycles. The third-order valence-electron chi connectivity index (χ3n) is 3.21. The minimum Gasteiger partial charge on any atom is -0.336 e. The van der Waals surface area contributed by atoms with Crippen molar-refractivity contribution in [2.24, 2.45) is 0 Å². The zero-order valence-electron chi connectivity index (χ0n) is 10.0. The van der Waals surface area contributed by atoms with Crippen molar-refractivity contribution in [3.63, 3.8) is 0 Å². The fourth-order valence-electron chi connectivity index (χ4n) is 2.07. The molecule has 1 amide bonds. The number of nitrogens with zero attached hydrogens (tertiary/aromatic N) is 2. The van der Waals surface area contributed by atoms with Crippen molar-refractivity contribution in [1.29, 1.82) is 0 Å². The van der Waals surface area contributed by atoms with Crippen molar-refractivity contribution < 1.29 is 9.18 Å². The molecule has 0 atom stereocenters. The van der Waals surface area contributed by atoms with Crippen molar-refractivity contribution in [1.82, 2.24) is 9.80 Å². The van der Waals surface area contributed by atoms with E-state index in [1.165, 1.54) is 6.07 Å². The van der Waals surface area contributed by atoms with E-state index in [2.05, 4.69) is 11.8 Å². The minimum atomic E-state index is -0.435. The zero-order valence-corrected chi connectivity index (χ0v) is 10.0. The molecule has 1 aromatic rings. The molecule has 0 radical (unpaired) electrons. The number of halogens is 1. The molecule has 3 nitrogen and oxygen atoms in total. The van der Waals surface area contributed by atoms with E-state index in [-0.39, 0.29) is 11.5 Å². The van der Waals surface area contributed by atoms with Gasteiger partial charge in [-0.3, -0.25) is 4.79 Å². The summed E-state index contributed by atoms with van der Waals surface area (Å²) in [4.78, 5) is 16.1. The summed E-state index contributed by atoms with van der Waals surface area (Å²) < 4.78 is 13.5. The van der Waals surface area contributed by atoms with Crippen LogP contribution in [0.15, 0.2) is 24.3 Å². The Bertz CT molecular complexity index is 400. The predicted octanol–water partition coefficient (Wildman–Crippen LogP) is 1.60. The standard InChI is InChI=1S/C13H17FN2O/c1-2-15-7-9-16(10-8-15)13(17)11-5-3-4-6-12(11)14/h3-6H,2,7-10H2,1H3. The van der Waals surface area contributed by atoms with Crippen LogP contribution >= 0.6 is 0 Å².